The summed E-state index contributed by atoms with van der Waals surface area (Å²) < 4.78 is 39.0. The van der Waals surface area contributed by atoms with Crippen LogP contribution in [0, 0.1) is 0 Å². The zero-order chi connectivity index (χ0) is 20.6. The highest BCUT2D eigenvalue weighted by atomic mass is 79.9. The average molecular weight is 469 g/mol. The fraction of sp³-hybridized carbons (Fsp3) is 0.350. The Hall–Kier alpha value is -2.26. The molecular weight excluding hydrogens is 449 g/mol. The summed E-state index contributed by atoms with van der Waals surface area (Å²) in [6.45, 7) is 3.09. The van der Waals surface area contributed by atoms with Gasteiger partial charge in [-0.05, 0) is 35.9 Å². The summed E-state index contributed by atoms with van der Waals surface area (Å²) >= 11 is 3.42. The van der Waals surface area contributed by atoms with E-state index in [2.05, 4.69) is 31.5 Å². The van der Waals surface area contributed by atoms with Crippen molar-refractivity contribution in [3.05, 3.63) is 58.1 Å². The monoisotopic (exact) mass is 468 g/mol. The Bertz CT molecular complexity index is 896. The van der Waals surface area contributed by atoms with Crippen molar-refractivity contribution in [1.29, 1.82) is 0 Å². The standard InChI is InChI=1S/C20H20BrF3N4O/c21-15-5-6-16-17(11-15)26-18(25-16)19(29)28-9-7-27(8-10-28)12-13-1-3-14(4-2-13)20(22,23)24/h1-6,11,18,25-26H,7-10,12H2. The zero-order valence-electron chi connectivity index (χ0n) is 15.5. The number of anilines is 2. The zero-order valence-corrected chi connectivity index (χ0v) is 17.1. The van der Waals surface area contributed by atoms with E-state index in [0.29, 0.717) is 32.7 Å². The first-order valence-corrected chi connectivity index (χ1v) is 10.1. The van der Waals surface area contributed by atoms with E-state index in [-0.39, 0.29) is 5.91 Å². The second kappa shape index (κ2) is 7.87. The van der Waals surface area contributed by atoms with Gasteiger partial charge in [-0.1, -0.05) is 28.1 Å². The van der Waals surface area contributed by atoms with Crippen molar-refractivity contribution in [1.82, 2.24) is 9.80 Å². The number of alkyl halides is 3. The Kier molecular flexibility index (Phi) is 5.44. The van der Waals surface area contributed by atoms with Crippen LogP contribution >= 0.6 is 15.9 Å². The number of nitrogens with one attached hydrogen (secondary N) is 2. The van der Waals surface area contributed by atoms with E-state index in [9.17, 15) is 18.0 Å². The molecule has 1 amide bonds. The maximum Gasteiger partial charge on any atom is 0.416 e. The molecule has 1 unspecified atom stereocenters. The van der Waals surface area contributed by atoms with Crippen molar-refractivity contribution < 1.29 is 18.0 Å². The molecule has 5 nitrogen and oxygen atoms in total. The number of amides is 1. The van der Waals surface area contributed by atoms with Gasteiger partial charge in [-0.15, -0.1) is 0 Å². The van der Waals surface area contributed by atoms with Gasteiger partial charge in [-0.25, -0.2) is 0 Å². The first-order valence-electron chi connectivity index (χ1n) is 9.29. The molecule has 0 spiro atoms. The molecule has 2 aliphatic rings. The molecule has 0 aromatic heterocycles. The Morgan fingerprint density at radius 2 is 1.66 bits per heavy atom. The van der Waals surface area contributed by atoms with Crippen LogP contribution in [-0.4, -0.2) is 48.1 Å². The lowest BCUT2D eigenvalue weighted by Gasteiger charge is -2.36. The van der Waals surface area contributed by atoms with Crippen LogP contribution in [0.5, 0.6) is 0 Å². The van der Waals surface area contributed by atoms with Crippen LogP contribution in [0.2, 0.25) is 0 Å². The van der Waals surface area contributed by atoms with Gasteiger partial charge in [-0.3, -0.25) is 9.69 Å². The highest BCUT2D eigenvalue weighted by molar-refractivity contribution is 9.10. The molecule has 1 saturated heterocycles. The predicted molar refractivity (Wildman–Crippen MR) is 108 cm³/mol. The third-order valence-electron chi connectivity index (χ3n) is 5.20. The number of carbonyl (C=O) groups excluding carboxylic acids is 1. The number of benzene rings is 2. The van der Waals surface area contributed by atoms with Crippen LogP contribution in [-0.2, 0) is 17.5 Å². The Morgan fingerprint density at radius 1 is 1.00 bits per heavy atom. The summed E-state index contributed by atoms with van der Waals surface area (Å²) in [5, 5.41) is 6.40. The minimum atomic E-state index is -4.32. The van der Waals surface area contributed by atoms with Crippen LogP contribution in [0.15, 0.2) is 46.9 Å². The minimum Gasteiger partial charge on any atom is -0.356 e. The predicted octanol–water partition coefficient (Wildman–Crippen LogP) is 3.98. The highest BCUT2D eigenvalue weighted by Crippen LogP contribution is 2.32. The van der Waals surface area contributed by atoms with Gasteiger partial charge < -0.3 is 15.5 Å². The van der Waals surface area contributed by atoms with Crippen molar-refractivity contribution in [2.24, 2.45) is 0 Å². The first kappa shape index (κ1) is 20.0. The van der Waals surface area contributed by atoms with E-state index in [0.717, 1.165) is 33.5 Å². The van der Waals surface area contributed by atoms with E-state index in [1.165, 1.54) is 12.1 Å². The molecule has 154 valence electrons. The molecule has 1 fully saturated rings. The van der Waals surface area contributed by atoms with Crippen LogP contribution in [0.1, 0.15) is 11.1 Å². The number of hydrogen-bond acceptors (Lipinski definition) is 4. The molecule has 29 heavy (non-hydrogen) atoms. The van der Waals surface area contributed by atoms with Gasteiger partial charge in [0.15, 0.2) is 6.17 Å². The second-order valence-electron chi connectivity index (χ2n) is 7.21. The summed E-state index contributed by atoms with van der Waals surface area (Å²) in [5.74, 6) is -0.00787. The molecule has 0 saturated carbocycles. The Morgan fingerprint density at radius 3 is 2.31 bits per heavy atom. The quantitative estimate of drug-likeness (QED) is 0.715. The molecule has 2 aromatic carbocycles. The normalized spacial score (nSPS) is 19.4. The molecule has 0 bridgehead atoms. The smallest absolute Gasteiger partial charge is 0.356 e. The molecular formula is C20H20BrF3N4O. The van der Waals surface area contributed by atoms with E-state index in [1.807, 2.05) is 23.1 Å². The number of nitrogens with zero attached hydrogens (tertiary/aromatic N) is 2. The van der Waals surface area contributed by atoms with E-state index < -0.39 is 17.9 Å². The van der Waals surface area contributed by atoms with E-state index in [4.69, 9.17) is 0 Å². The topological polar surface area (TPSA) is 47.6 Å². The summed E-state index contributed by atoms with van der Waals surface area (Å²) in [6.07, 6.45) is -4.80. The van der Waals surface area contributed by atoms with E-state index in [1.54, 1.807) is 0 Å². The Labute approximate surface area is 175 Å². The number of fused-ring (bicyclic) bond motifs is 1. The number of halogens is 4. The Balaban J connectivity index is 1.29. The van der Waals surface area contributed by atoms with Crippen LogP contribution in [0.4, 0.5) is 24.5 Å². The van der Waals surface area contributed by atoms with Crippen molar-refractivity contribution in [2.45, 2.75) is 18.9 Å². The fourth-order valence-electron chi connectivity index (χ4n) is 3.60. The second-order valence-corrected chi connectivity index (χ2v) is 8.12. The summed E-state index contributed by atoms with van der Waals surface area (Å²) in [7, 11) is 0. The molecule has 9 heteroatoms. The maximum atomic E-state index is 12.8. The molecule has 4 rings (SSSR count). The van der Waals surface area contributed by atoms with Gasteiger partial charge >= 0.3 is 6.18 Å². The van der Waals surface area contributed by atoms with Crippen molar-refractivity contribution in [2.75, 3.05) is 36.8 Å². The van der Waals surface area contributed by atoms with Gasteiger partial charge in [0.25, 0.3) is 5.91 Å². The molecule has 1 atom stereocenters. The van der Waals surface area contributed by atoms with Gasteiger partial charge in [0.2, 0.25) is 0 Å². The molecule has 2 aliphatic heterocycles. The van der Waals surface area contributed by atoms with Gasteiger partial charge in [0, 0.05) is 37.2 Å². The molecule has 2 aromatic rings. The number of carbonyl (C=O) groups is 1. The summed E-state index contributed by atoms with van der Waals surface area (Å²) in [5.41, 5.74) is 1.98. The van der Waals surface area contributed by atoms with Gasteiger partial charge in [0.1, 0.15) is 0 Å². The molecule has 2 N–H and O–H groups in total. The van der Waals surface area contributed by atoms with Crippen molar-refractivity contribution in [3.63, 3.8) is 0 Å². The molecule has 0 aliphatic carbocycles. The van der Waals surface area contributed by atoms with Gasteiger partial charge in [0.05, 0.1) is 16.9 Å². The highest BCUT2D eigenvalue weighted by Gasteiger charge is 2.32. The molecule has 0 radical (unpaired) electrons. The number of hydrogen-bond donors (Lipinski definition) is 2. The third-order valence-corrected chi connectivity index (χ3v) is 5.69. The third kappa shape index (κ3) is 4.51. The lowest BCUT2D eigenvalue weighted by atomic mass is 10.1. The SMILES string of the molecule is O=C(C1Nc2ccc(Br)cc2N1)N1CCN(Cc2ccc(C(F)(F)F)cc2)CC1. The van der Waals surface area contributed by atoms with Crippen molar-refractivity contribution >= 4 is 33.2 Å². The minimum absolute atomic E-state index is 0.00787. The van der Waals surface area contributed by atoms with E-state index >= 15 is 0 Å². The largest absolute Gasteiger partial charge is 0.416 e. The lowest BCUT2D eigenvalue weighted by molar-refractivity contribution is -0.137. The fourth-order valence-corrected chi connectivity index (χ4v) is 3.96. The molecule has 2 heterocycles. The maximum absolute atomic E-state index is 12.8. The van der Waals surface area contributed by atoms with Gasteiger partial charge in [-0.2, -0.15) is 13.2 Å². The lowest BCUT2D eigenvalue weighted by Crippen LogP contribution is -2.53. The van der Waals surface area contributed by atoms with Crippen LogP contribution in [0.3, 0.4) is 0 Å². The first-order chi connectivity index (χ1) is 13.8. The summed E-state index contributed by atoms with van der Waals surface area (Å²) in [6, 6.07) is 11.0. The average Bonchev–Trinajstić information content (AvgIpc) is 3.11. The van der Waals surface area contributed by atoms with Crippen molar-refractivity contribution in [3.8, 4) is 0 Å². The van der Waals surface area contributed by atoms with Crippen LogP contribution in [0.25, 0.3) is 0 Å². The number of rotatable bonds is 3. The van der Waals surface area contributed by atoms with Crippen LogP contribution < -0.4 is 10.6 Å². The summed E-state index contributed by atoms with van der Waals surface area (Å²) in [4.78, 5) is 16.8. The number of piperazine rings is 1.